The Bertz CT molecular complexity index is 618. The first kappa shape index (κ1) is 16.6. The molecule has 21 heavy (non-hydrogen) atoms. The quantitative estimate of drug-likeness (QED) is 0.845. The lowest BCUT2D eigenvalue weighted by Crippen LogP contribution is -2.32. The second-order valence-corrected chi connectivity index (χ2v) is 8.89. The molecule has 1 aromatic carbocycles. The smallest absolute Gasteiger partial charge is 0.243 e. The topological polar surface area (TPSA) is 63.4 Å². The third kappa shape index (κ3) is 3.52. The molecule has 0 aromatic heterocycles. The number of hydrogen-bond donors (Lipinski definition) is 1. The van der Waals surface area contributed by atoms with E-state index in [1.165, 1.54) is 12.1 Å². The fourth-order valence-electron chi connectivity index (χ4n) is 2.61. The minimum Gasteiger partial charge on any atom is -0.398 e. The van der Waals surface area contributed by atoms with E-state index in [1.54, 1.807) is 11.2 Å². The summed E-state index contributed by atoms with van der Waals surface area (Å²) in [5.74, 6) is 0. The van der Waals surface area contributed by atoms with Crippen LogP contribution < -0.4 is 5.73 Å². The van der Waals surface area contributed by atoms with Gasteiger partial charge in [0.2, 0.25) is 10.0 Å². The molecule has 0 radical (unpaired) electrons. The number of nitrogens with two attached hydrogens (primary N) is 1. The zero-order chi connectivity index (χ0) is 15.8. The van der Waals surface area contributed by atoms with E-state index in [4.69, 9.17) is 17.3 Å². The molecule has 0 bridgehead atoms. The minimum absolute atomic E-state index is 0.189. The first-order valence-electron chi connectivity index (χ1n) is 7.19. The van der Waals surface area contributed by atoms with E-state index in [1.807, 2.05) is 0 Å². The second kappa shape index (κ2) is 5.78. The summed E-state index contributed by atoms with van der Waals surface area (Å²) in [6.45, 7) is 7.24. The number of benzene rings is 1. The van der Waals surface area contributed by atoms with Crippen molar-refractivity contribution in [2.45, 2.75) is 44.9 Å². The summed E-state index contributed by atoms with van der Waals surface area (Å²) in [4.78, 5) is 0.190. The average Bonchev–Trinajstić information content (AvgIpc) is 2.56. The van der Waals surface area contributed by atoms with E-state index in [-0.39, 0.29) is 10.3 Å². The highest BCUT2D eigenvalue weighted by Crippen LogP contribution is 2.33. The second-order valence-electron chi connectivity index (χ2n) is 6.54. The first-order chi connectivity index (χ1) is 9.63. The minimum atomic E-state index is -3.53. The van der Waals surface area contributed by atoms with Gasteiger partial charge in [0.15, 0.2) is 0 Å². The van der Waals surface area contributed by atoms with Gasteiger partial charge in [0, 0.05) is 23.8 Å². The molecule has 1 fully saturated rings. The van der Waals surface area contributed by atoms with Crippen molar-refractivity contribution in [2.75, 3.05) is 18.8 Å². The Morgan fingerprint density at radius 3 is 2.52 bits per heavy atom. The Morgan fingerprint density at radius 1 is 1.24 bits per heavy atom. The molecule has 0 spiro atoms. The van der Waals surface area contributed by atoms with Crippen molar-refractivity contribution in [3.05, 3.63) is 22.7 Å². The summed E-state index contributed by atoms with van der Waals surface area (Å²) < 4.78 is 27.1. The van der Waals surface area contributed by atoms with Crippen molar-refractivity contribution in [1.29, 1.82) is 0 Å². The summed E-state index contributed by atoms with van der Waals surface area (Å²) in [7, 11) is -3.53. The lowest BCUT2D eigenvalue weighted by Gasteiger charge is -2.23. The Kier molecular flexibility index (Phi) is 4.57. The maximum Gasteiger partial charge on any atom is 0.243 e. The lowest BCUT2D eigenvalue weighted by molar-refractivity contribution is 0.315. The van der Waals surface area contributed by atoms with Crippen LogP contribution in [0.25, 0.3) is 0 Å². The molecular formula is C15H23ClN2O2S. The monoisotopic (exact) mass is 330 g/mol. The molecular weight excluding hydrogens is 308 g/mol. The standard InChI is InChI=1S/C15H23ClN2O2S/c1-11-13(16)9-12(10-14(11)17)21(19,20)18-7-4-5-15(2,3)6-8-18/h9-10H,4-8,17H2,1-3H3. The molecule has 118 valence electrons. The molecule has 0 amide bonds. The lowest BCUT2D eigenvalue weighted by atomic mass is 9.85. The predicted molar refractivity (Wildman–Crippen MR) is 87.0 cm³/mol. The van der Waals surface area contributed by atoms with Gasteiger partial charge in [-0.1, -0.05) is 25.4 Å². The van der Waals surface area contributed by atoms with Gasteiger partial charge in [0.05, 0.1) is 4.90 Å². The van der Waals surface area contributed by atoms with E-state index in [0.717, 1.165) is 19.3 Å². The van der Waals surface area contributed by atoms with Crippen molar-refractivity contribution in [3.8, 4) is 0 Å². The molecule has 6 heteroatoms. The largest absolute Gasteiger partial charge is 0.398 e. The predicted octanol–water partition coefficient (Wildman–Crippen LogP) is 3.43. The molecule has 0 aliphatic carbocycles. The number of nitrogen functional groups attached to an aromatic ring is 1. The number of rotatable bonds is 2. The molecule has 2 N–H and O–H groups in total. The van der Waals surface area contributed by atoms with Gasteiger partial charge in [-0.2, -0.15) is 4.31 Å². The summed E-state index contributed by atoms with van der Waals surface area (Å²) in [5.41, 5.74) is 7.17. The fraction of sp³-hybridized carbons (Fsp3) is 0.600. The normalized spacial score (nSPS) is 20.2. The van der Waals surface area contributed by atoms with Gasteiger partial charge in [0.1, 0.15) is 0 Å². The fourth-order valence-corrected chi connectivity index (χ4v) is 4.44. The average molecular weight is 331 g/mol. The molecule has 1 heterocycles. The van der Waals surface area contributed by atoms with Gasteiger partial charge in [-0.05, 0) is 49.3 Å². The Labute approximate surface area is 132 Å². The Morgan fingerprint density at radius 2 is 1.90 bits per heavy atom. The molecule has 4 nitrogen and oxygen atoms in total. The van der Waals surface area contributed by atoms with Gasteiger partial charge in [-0.25, -0.2) is 8.42 Å². The van der Waals surface area contributed by atoms with Gasteiger partial charge in [-0.3, -0.25) is 0 Å². The van der Waals surface area contributed by atoms with Crippen LogP contribution in [-0.2, 0) is 10.0 Å². The molecule has 0 saturated carbocycles. The van der Waals surface area contributed by atoms with E-state index >= 15 is 0 Å². The van der Waals surface area contributed by atoms with Crippen molar-refractivity contribution < 1.29 is 8.42 Å². The third-order valence-corrected chi connectivity index (χ3v) is 6.56. The molecule has 0 unspecified atom stereocenters. The SMILES string of the molecule is Cc1c(N)cc(S(=O)(=O)N2CCCC(C)(C)CC2)cc1Cl. The highest BCUT2D eigenvalue weighted by molar-refractivity contribution is 7.89. The van der Waals surface area contributed by atoms with Crippen LogP contribution in [0.5, 0.6) is 0 Å². The number of hydrogen-bond acceptors (Lipinski definition) is 3. The van der Waals surface area contributed by atoms with Gasteiger partial charge < -0.3 is 5.73 Å². The summed E-state index contributed by atoms with van der Waals surface area (Å²) >= 11 is 6.08. The molecule has 1 saturated heterocycles. The highest BCUT2D eigenvalue weighted by Gasteiger charge is 2.30. The van der Waals surface area contributed by atoms with E-state index in [2.05, 4.69) is 13.8 Å². The number of nitrogens with zero attached hydrogens (tertiary/aromatic N) is 1. The summed E-state index contributed by atoms with van der Waals surface area (Å²) in [5, 5.41) is 0.392. The van der Waals surface area contributed by atoms with E-state index in [9.17, 15) is 8.42 Å². The van der Waals surface area contributed by atoms with Crippen LogP contribution in [0.2, 0.25) is 5.02 Å². The molecule has 2 rings (SSSR count). The van der Waals surface area contributed by atoms with Crippen LogP contribution in [-0.4, -0.2) is 25.8 Å². The summed E-state index contributed by atoms with van der Waals surface area (Å²) in [6.07, 6.45) is 2.78. The Hall–Kier alpha value is -0.780. The number of anilines is 1. The van der Waals surface area contributed by atoms with Crippen molar-refractivity contribution >= 4 is 27.3 Å². The van der Waals surface area contributed by atoms with Gasteiger partial charge in [0.25, 0.3) is 0 Å². The molecule has 1 aliphatic rings. The van der Waals surface area contributed by atoms with Gasteiger partial charge in [-0.15, -0.1) is 0 Å². The maximum atomic E-state index is 12.8. The van der Waals surface area contributed by atoms with Crippen LogP contribution in [0.15, 0.2) is 17.0 Å². The van der Waals surface area contributed by atoms with Crippen LogP contribution in [0.3, 0.4) is 0 Å². The molecule has 1 aromatic rings. The first-order valence-corrected chi connectivity index (χ1v) is 9.01. The van der Waals surface area contributed by atoms with E-state index in [0.29, 0.717) is 29.4 Å². The summed E-state index contributed by atoms with van der Waals surface area (Å²) in [6, 6.07) is 3.01. The van der Waals surface area contributed by atoms with E-state index < -0.39 is 10.0 Å². The van der Waals surface area contributed by atoms with Crippen LogP contribution in [0.1, 0.15) is 38.7 Å². The van der Waals surface area contributed by atoms with Gasteiger partial charge >= 0.3 is 0 Å². The number of sulfonamides is 1. The van der Waals surface area contributed by atoms with Crippen LogP contribution in [0, 0.1) is 12.3 Å². The zero-order valence-corrected chi connectivity index (χ0v) is 14.4. The number of halogens is 1. The molecule has 0 atom stereocenters. The van der Waals surface area contributed by atoms with Crippen molar-refractivity contribution in [1.82, 2.24) is 4.31 Å². The van der Waals surface area contributed by atoms with Crippen molar-refractivity contribution in [2.24, 2.45) is 5.41 Å². The Balaban J connectivity index is 2.34. The zero-order valence-electron chi connectivity index (χ0n) is 12.8. The van der Waals surface area contributed by atoms with Crippen LogP contribution in [0.4, 0.5) is 5.69 Å². The highest BCUT2D eigenvalue weighted by atomic mass is 35.5. The third-order valence-electron chi connectivity index (χ3n) is 4.29. The maximum absolute atomic E-state index is 12.8. The van der Waals surface area contributed by atoms with Crippen molar-refractivity contribution in [3.63, 3.8) is 0 Å². The van der Waals surface area contributed by atoms with Crippen LogP contribution >= 0.6 is 11.6 Å². The molecule has 1 aliphatic heterocycles.